The van der Waals surface area contributed by atoms with Gasteiger partial charge in [0.15, 0.2) is 11.6 Å². The van der Waals surface area contributed by atoms with Crippen LogP contribution in [-0.2, 0) is 22.6 Å². The van der Waals surface area contributed by atoms with Gasteiger partial charge in [-0.05, 0) is 41.8 Å². The highest BCUT2D eigenvalue weighted by Crippen LogP contribution is 2.55. The first-order chi connectivity index (χ1) is 14.4. The van der Waals surface area contributed by atoms with Crippen LogP contribution in [-0.4, -0.2) is 17.1 Å². The Labute approximate surface area is 180 Å². The van der Waals surface area contributed by atoms with E-state index >= 15 is 0 Å². The molecule has 156 valence electrons. The summed E-state index contributed by atoms with van der Waals surface area (Å²) in [5.74, 6) is -1.27. The lowest BCUT2D eigenvalue weighted by Crippen LogP contribution is -2.13. The van der Waals surface area contributed by atoms with Gasteiger partial charge in [0.2, 0.25) is 0 Å². The Hall–Kier alpha value is -2.79. The maximum Gasteiger partial charge on any atom is 0.313 e. The Balaban J connectivity index is 1.37. The van der Waals surface area contributed by atoms with Crippen LogP contribution in [0.15, 0.2) is 60.8 Å². The minimum Gasteiger partial charge on any atom is -0.486 e. The first-order valence-electron chi connectivity index (χ1n) is 9.83. The molecule has 0 spiro atoms. The van der Waals surface area contributed by atoms with Crippen molar-refractivity contribution in [3.05, 3.63) is 88.5 Å². The molecule has 2 unspecified atom stereocenters. The van der Waals surface area contributed by atoms with Crippen LogP contribution in [0.5, 0.6) is 5.75 Å². The predicted octanol–water partition coefficient (Wildman–Crippen LogP) is 5.54. The van der Waals surface area contributed by atoms with Gasteiger partial charge in [-0.2, -0.15) is 0 Å². The molecule has 1 aliphatic rings. The Kier molecular flexibility index (Phi) is 5.56. The molecule has 0 aliphatic heterocycles. The molecule has 2 atom stereocenters. The Morgan fingerprint density at radius 3 is 2.67 bits per heavy atom. The summed E-state index contributed by atoms with van der Waals surface area (Å²) in [6, 6.07) is 16.3. The van der Waals surface area contributed by atoms with Gasteiger partial charge in [0, 0.05) is 16.6 Å². The number of aromatic nitrogens is 1. The fourth-order valence-electron chi connectivity index (χ4n) is 3.73. The molecule has 1 aromatic heterocycles. The molecule has 1 saturated carbocycles. The largest absolute Gasteiger partial charge is 0.486 e. The topological polar surface area (TPSA) is 51.3 Å². The maximum absolute atomic E-state index is 14.0. The van der Waals surface area contributed by atoms with Crippen LogP contribution in [0.1, 0.15) is 30.7 Å². The number of nitrogens with one attached hydrogen (secondary N) is 1. The predicted molar refractivity (Wildman–Crippen MR) is 113 cm³/mol. The third-order valence-electron chi connectivity index (χ3n) is 5.66. The molecular weight excluding hydrogens is 405 g/mol. The third kappa shape index (κ3) is 4.21. The van der Waals surface area contributed by atoms with Crippen molar-refractivity contribution in [1.29, 1.82) is 0 Å². The van der Waals surface area contributed by atoms with Crippen molar-refractivity contribution in [2.45, 2.75) is 33.0 Å². The highest BCUT2D eigenvalue weighted by atomic mass is 35.5. The van der Waals surface area contributed by atoms with Crippen LogP contribution in [0.3, 0.4) is 0 Å². The lowest BCUT2D eigenvalue weighted by Gasteiger charge is -2.08. The van der Waals surface area contributed by atoms with E-state index in [0.29, 0.717) is 5.02 Å². The van der Waals surface area contributed by atoms with Gasteiger partial charge in [0.05, 0.1) is 5.69 Å². The lowest BCUT2D eigenvalue weighted by atomic mass is 10.1. The van der Waals surface area contributed by atoms with Gasteiger partial charge in [0.1, 0.15) is 18.6 Å². The first kappa shape index (κ1) is 20.5. The molecule has 4 rings (SSSR count). The van der Waals surface area contributed by atoms with Crippen LogP contribution >= 0.6 is 11.6 Å². The minimum absolute atomic E-state index is 0.0855. The second kappa shape index (κ2) is 8.15. The number of carbonyl (C=O) groups excluding carboxylic acids is 1. The van der Waals surface area contributed by atoms with Crippen molar-refractivity contribution in [2.24, 2.45) is 11.3 Å². The number of ether oxygens (including phenoxy) is 2. The van der Waals surface area contributed by atoms with Gasteiger partial charge in [-0.25, -0.2) is 4.39 Å². The van der Waals surface area contributed by atoms with Crippen LogP contribution in [0.25, 0.3) is 0 Å². The van der Waals surface area contributed by atoms with E-state index in [9.17, 15) is 9.18 Å². The molecule has 4 nitrogen and oxygen atoms in total. The zero-order chi connectivity index (χ0) is 21.3. The van der Waals surface area contributed by atoms with Gasteiger partial charge in [0.25, 0.3) is 0 Å². The van der Waals surface area contributed by atoms with E-state index < -0.39 is 23.3 Å². The number of rotatable bonds is 7. The van der Waals surface area contributed by atoms with Gasteiger partial charge < -0.3 is 14.5 Å². The van der Waals surface area contributed by atoms with Crippen molar-refractivity contribution in [3.63, 3.8) is 0 Å². The number of halogens is 2. The quantitative estimate of drug-likeness (QED) is 0.503. The van der Waals surface area contributed by atoms with Gasteiger partial charge in [-0.15, -0.1) is 0 Å². The Morgan fingerprint density at radius 2 is 1.93 bits per heavy atom. The molecule has 2 aromatic carbocycles. The summed E-state index contributed by atoms with van der Waals surface area (Å²) in [4.78, 5) is 15.8. The standard InChI is InChI=1S/C24H23ClFNO3/c1-24(2)21(22(24)30-20-9-8-17(25)13-18(20)26)23(28)29-14-19-16(10-11-27-19)12-15-6-4-3-5-7-15/h3-11,13,21-22,27H,12,14H2,1-2H3. The number of benzene rings is 2. The zero-order valence-corrected chi connectivity index (χ0v) is 17.6. The van der Waals surface area contributed by atoms with E-state index in [1.54, 1.807) is 6.07 Å². The summed E-state index contributed by atoms with van der Waals surface area (Å²) >= 11 is 5.79. The second-order valence-corrected chi connectivity index (χ2v) is 8.60. The van der Waals surface area contributed by atoms with Crippen molar-refractivity contribution < 1.29 is 18.7 Å². The third-order valence-corrected chi connectivity index (χ3v) is 5.89. The normalized spacial score (nSPS) is 19.3. The first-order valence-corrected chi connectivity index (χ1v) is 10.2. The van der Waals surface area contributed by atoms with Crippen LogP contribution in [0, 0.1) is 17.2 Å². The van der Waals surface area contributed by atoms with Crippen LogP contribution in [0.4, 0.5) is 4.39 Å². The van der Waals surface area contributed by atoms with E-state index in [-0.39, 0.29) is 18.3 Å². The van der Waals surface area contributed by atoms with Gasteiger partial charge >= 0.3 is 5.97 Å². The van der Waals surface area contributed by atoms with E-state index in [2.05, 4.69) is 17.1 Å². The van der Waals surface area contributed by atoms with Gasteiger partial charge in [-0.3, -0.25) is 4.79 Å². The number of aromatic amines is 1. The number of hydrogen-bond acceptors (Lipinski definition) is 3. The molecule has 30 heavy (non-hydrogen) atoms. The molecule has 0 amide bonds. The smallest absolute Gasteiger partial charge is 0.313 e. The fourth-order valence-corrected chi connectivity index (χ4v) is 3.89. The summed E-state index contributed by atoms with van der Waals surface area (Å²) < 4.78 is 25.4. The molecule has 1 N–H and O–H groups in total. The number of esters is 1. The molecule has 0 radical (unpaired) electrons. The average Bonchev–Trinajstić information content (AvgIpc) is 3.02. The lowest BCUT2D eigenvalue weighted by molar-refractivity contribution is -0.148. The molecule has 6 heteroatoms. The molecule has 3 aromatic rings. The van der Waals surface area contributed by atoms with Crippen molar-refractivity contribution in [3.8, 4) is 5.75 Å². The summed E-state index contributed by atoms with van der Waals surface area (Å²) in [6.45, 7) is 3.97. The summed E-state index contributed by atoms with van der Waals surface area (Å²) in [5, 5.41) is 0.295. The molecule has 0 bridgehead atoms. The second-order valence-electron chi connectivity index (χ2n) is 8.16. The van der Waals surface area contributed by atoms with Crippen molar-refractivity contribution >= 4 is 17.6 Å². The van der Waals surface area contributed by atoms with Crippen molar-refractivity contribution in [2.75, 3.05) is 0 Å². The van der Waals surface area contributed by atoms with Crippen molar-refractivity contribution in [1.82, 2.24) is 4.98 Å². The minimum atomic E-state index is -0.547. The molecule has 0 saturated heterocycles. The zero-order valence-electron chi connectivity index (χ0n) is 16.8. The molecule has 1 aliphatic carbocycles. The van der Waals surface area contributed by atoms with Crippen LogP contribution in [0.2, 0.25) is 5.02 Å². The summed E-state index contributed by atoms with van der Waals surface area (Å²) in [5.41, 5.74) is 2.70. The summed E-state index contributed by atoms with van der Waals surface area (Å²) in [7, 11) is 0. The average molecular weight is 428 g/mol. The van der Waals surface area contributed by atoms with Gasteiger partial charge in [-0.1, -0.05) is 55.8 Å². The monoisotopic (exact) mass is 427 g/mol. The fraction of sp³-hybridized carbons (Fsp3) is 0.292. The van der Waals surface area contributed by atoms with E-state index in [0.717, 1.165) is 17.7 Å². The highest BCUT2D eigenvalue weighted by Gasteiger charge is 2.65. The number of H-pyrrole nitrogens is 1. The maximum atomic E-state index is 14.0. The number of hydrogen-bond donors (Lipinski definition) is 1. The van der Waals surface area contributed by atoms with E-state index in [4.69, 9.17) is 21.1 Å². The Morgan fingerprint density at radius 1 is 1.17 bits per heavy atom. The van der Waals surface area contributed by atoms with E-state index in [1.165, 1.54) is 17.7 Å². The Bertz CT molecular complexity index is 1050. The summed E-state index contributed by atoms with van der Waals surface area (Å²) in [6.07, 6.45) is 2.15. The SMILES string of the molecule is CC1(C)C(Oc2ccc(Cl)cc2F)C1C(=O)OCc1[nH]ccc1Cc1ccccc1. The number of carbonyl (C=O) groups is 1. The molecular formula is C24H23ClFNO3. The molecule has 1 fully saturated rings. The highest BCUT2D eigenvalue weighted by molar-refractivity contribution is 6.30. The molecule has 1 heterocycles. The van der Waals surface area contributed by atoms with E-state index in [1.807, 2.05) is 44.3 Å². The van der Waals surface area contributed by atoms with Crippen LogP contribution < -0.4 is 4.74 Å².